The number of H-pyrrole nitrogens is 1. The van der Waals surface area contributed by atoms with Gasteiger partial charge in [-0.15, -0.1) is 0 Å². The number of fused-ring (bicyclic) bond motifs is 2. The zero-order valence-corrected chi connectivity index (χ0v) is 22.7. The summed E-state index contributed by atoms with van der Waals surface area (Å²) in [5, 5.41) is 5.51. The maximum Gasteiger partial charge on any atom is 0.493 e. The molecule has 1 aromatic carbocycles. The van der Waals surface area contributed by atoms with Crippen molar-refractivity contribution in [2.24, 2.45) is 0 Å². The molecule has 1 aliphatic carbocycles. The molecule has 3 heterocycles. The first kappa shape index (κ1) is 29.2. The number of benzene rings is 1. The smallest absolute Gasteiger partial charge is 0.435 e. The van der Waals surface area contributed by atoms with Crippen LogP contribution in [-0.4, -0.2) is 85.5 Å². The van der Waals surface area contributed by atoms with E-state index in [0.29, 0.717) is 35.4 Å². The second-order valence-corrected chi connectivity index (χ2v) is 10.4. The van der Waals surface area contributed by atoms with Crippen LogP contribution in [-0.2, 0) is 16.2 Å². The van der Waals surface area contributed by atoms with Crippen molar-refractivity contribution in [3.8, 4) is 17.1 Å². The third kappa shape index (κ3) is 5.84. The molecule has 11 nitrogen and oxygen atoms in total. The molecule has 1 amide bonds. The van der Waals surface area contributed by atoms with Crippen LogP contribution in [0, 0.1) is 0 Å². The van der Waals surface area contributed by atoms with Crippen LogP contribution >= 0.6 is 0 Å². The Labute approximate surface area is 235 Å². The standard InChI is InChI=1S/C26H26F5N7O4/c1-25(7-8-25)38(42-23(40)26(29,30)31)22(39)16-12-32-21-20(16)34-17(13-33-21)19-15-11-14(41-24(27)28)5-6-18(15)37(35-19)10-4-9-36(2)3/h5-6,11-13,24H,4,7-10H2,1-3H3,(H,32,33). The number of aromatic amines is 1. The first-order valence-corrected chi connectivity index (χ1v) is 12.8. The van der Waals surface area contributed by atoms with Gasteiger partial charge < -0.3 is 19.5 Å². The van der Waals surface area contributed by atoms with E-state index in [1.54, 1.807) is 10.7 Å². The first-order valence-electron chi connectivity index (χ1n) is 12.8. The Morgan fingerprint density at radius 1 is 1.21 bits per heavy atom. The van der Waals surface area contributed by atoms with Gasteiger partial charge >= 0.3 is 18.8 Å². The molecule has 4 aromatic rings. The molecule has 0 bridgehead atoms. The van der Waals surface area contributed by atoms with Gasteiger partial charge in [0.15, 0.2) is 5.65 Å². The van der Waals surface area contributed by atoms with Crippen molar-refractivity contribution in [2.75, 3.05) is 20.6 Å². The van der Waals surface area contributed by atoms with E-state index in [0.717, 1.165) is 13.0 Å². The zero-order valence-electron chi connectivity index (χ0n) is 22.7. The molecule has 1 saturated carbocycles. The first-order chi connectivity index (χ1) is 19.8. The highest BCUT2D eigenvalue weighted by Gasteiger charge is 2.52. The zero-order chi connectivity index (χ0) is 30.4. The summed E-state index contributed by atoms with van der Waals surface area (Å²) in [5.41, 5.74) is -0.124. The summed E-state index contributed by atoms with van der Waals surface area (Å²) in [4.78, 5) is 43.1. The van der Waals surface area contributed by atoms with Gasteiger partial charge in [0.2, 0.25) is 0 Å². The van der Waals surface area contributed by atoms with Crippen molar-refractivity contribution in [1.29, 1.82) is 0 Å². The van der Waals surface area contributed by atoms with Crippen molar-refractivity contribution < 1.29 is 41.1 Å². The van der Waals surface area contributed by atoms with E-state index in [2.05, 4.69) is 29.6 Å². The number of hydroxylamine groups is 2. The topological polar surface area (TPSA) is 118 Å². The molecule has 0 atom stereocenters. The lowest BCUT2D eigenvalue weighted by atomic mass is 10.1. The lowest BCUT2D eigenvalue weighted by Crippen LogP contribution is -2.44. The summed E-state index contributed by atoms with van der Waals surface area (Å²) >= 11 is 0. The van der Waals surface area contributed by atoms with Crippen LogP contribution in [0.25, 0.3) is 33.5 Å². The minimum atomic E-state index is -5.31. The highest BCUT2D eigenvalue weighted by Crippen LogP contribution is 2.43. The number of carbonyl (C=O) groups excluding carboxylic acids is 2. The van der Waals surface area contributed by atoms with Gasteiger partial charge in [0, 0.05) is 18.1 Å². The molecule has 1 N–H and O–H groups in total. The van der Waals surface area contributed by atoms with E-state index >= 15 is 0 Å². The largest absolute Gasteiger partial charge is 0.493 e. The molecule has 16 heteroatoms. The van der Waals surface area contributed by atoms with E-state index in [4.69, 9.17) is 0 Å². The van der Waals surface area contributed by atoms with Crippen molar-refractivity contribution in [3.63, 3.8) is 0 Å². The number of rotatable bonds is 9. The molecule has 5 rings (SSSR count). The van der Waals surface area contributed by atoms with E-state index in [1.807, 2.05) is 19.0 Å². The number of nitrogens with zero attached hydrogens (tertiary/aromatic N) is 6. The Morgan fingerprint density at radius 2 is 1.95 bits per heavy atom. The summed E-state index contributed by atoms with van der Waals surface area (Å²) in [6.07, 6.45) is -1.36. The van der Waals surface area contributed by atoms with Crippen LogP contribution < -0.4 is 4.74 Å². The number of hydrogen-bond acceptors (Lipinski definition) is 8. The number of aryl methyl sites for hydroxylation is 1. The lowest BCUT2D eigenvalue weighted by molar-refractivity contribution is -0.235. The molecular formula is C26H26F5N7O4. The fraction of sp³-hybridized carbons (Fsp3) is 0.423. The maximum absolute atomic E-state index is 13.4. The van der Waals surface area contributed by atoms with Crippen molar-refractivity contribution in [2.45, 2.75) is 51.1 Å². The molecule has 3 aromatic heterocycles. The van der Waals surface area contributed by atoms with Gasteiger partial charge in [0.1, 0.15) is 22.7 Å². The predicted octanol–water partition coefficient (Wildman–Crippen LogP) is 4.54. The molecule has 0 aliphatic heterocycles. The Balaban J connectivity index is 1.56. The quantitative estimate of drug-likeness (QED) is 0.221. The van der Waals surface area contributed by atoms with Crippen LogP contribution in [0.2, 0.25) is 0 Å². The van der Waals surface area contributed by atoms with Gasteiger partial charge in [-0.3, -0.25) is 9.48 Å². The highest BCUT2D eigenvalue weighted by molar-refractivity contribution is 6.05. The molecule has 0 unspecified atom stereocenters. The van der Waals surface area contributed by atoms with Crippen molar-refractivity contribution in [1.82, 2.24) is 34.7 Å². The van der Waals surface area contributed by atoms with Gasteiger partial charge in [0.05, 0.1) is 22.8 Å². The van der Waals surface area contributed by atoms with Gasteiger partial charge in [-0.05, 0) is 65.0 Å². The molecule has 1 fully saturated rings. The summed E-state index contributed by atoms with van der Waals surface area (Å²) < 4.78 is 71.0. The Bertz CT molecular complexity index is 1650. The van der Waals surface area contributed by atoms with Crippen LogP contribution in [0.4, 0.5) is 22.0 Å². The average Bonchev–Trinajstić information content (AvgIpc) is 3.36. The fourth-order valence-corrected chi connectivity index (χ4v) is 4.42. The Morgan fingerprint density at radius 3 is 2.60 bits per heavy atom. The monoisotopic (exact) mass is 595 g/mol. The maximum atomic E-state index is 13.4. The van der Waals surface area contributed by atoms with Crippen LogP contribution in [0.3, 0.4) is 0 Å². The number of ether oxygens (including phenoxy) is 1. The summed E-state index contributed by atoms with van der Waals surface area (Å²) in [6.45, 7) is -0.300. The van der Waals surface area contributed by atoms with Gasteiger partial charge in [-0.25, -0.2) is 14.8 Å². The Hall–Kier alpha value is -4.34. The second kappa shape index (κ2) is 10.8. The molecular weight excluding hydrogens is 569 g/mol. The third-order valence-electron chi connectivity index (χ3n) is 6.83. The van der Waals surface area contributed by atoms with Gasteiger partial charge in [-0.2, -0.15) is 32.1 Å². The van der Waals surface area contributed by atoms with E-state index in [9.17, 15) is 31.5 Å². The van der Waals surface area contributed by atoms with Crippen molar-refractivity contribution in [3.05, 3.63) is 36.2 Å². The van der Waals surface area contributed by atoms with E-state index in [-0.39, 0.29) is 33.9 Å². The number of hydrogen-bond donors (Lipinski definition) is 1. The number of halogens is 5. The summed E-state index contributed by atoms with van der Waals surface area (Å²) in [7, 11) is 3.85. The van der Waals surface area contributed by atoms with Crippen LogP contribution in [0.5, 0.6) is 5.75 Å². The number of amides is 1. The third-order valence-corrected chi connectivity index (χ3v) is 6.83. The van der Waals surface area contributed by atoms with Crippen molar-refractivity contribution >= 4 is 33.9 Å². The molecule has 1 aliphatic rings. The van der Waals surface area contributed by atoms with Crippen LogP contribution in [0.1, 0.15) is 36.5 Å². The molecule has 0 spiro atoms. The summed E-state index contributed by atoms with van der Waals surface area (Å²) in [5.74, 6) is -3.64. The van der Waals surface area contributed by atoms with Gasteiger partial charge in [0.25, 0.3) is 5.91 Å². The van der Waals surface area contributed by atoms with Gasteiger partial charge in [-0.1, -0.05) is 0 Å². The minimum absolute atomic E-state index is 0.00917. The number of carbonyl (C=O) groups is 2. The number of aromatic nitrogens is 5. The molecule has 0 saturated heterocycles. The molecule has 0 radical (unpaired) electrons. The SMILES string of the molecule is CN(C)CCCn1nc(-c2cnc3[nH]cc(C(=O)N(OC(=O)C(F)(F)F)C4(C)CC4)c3n2)c2cc(OC(F)F)ccc21. The number of nitrogens with one attached hydrogen (secondary N) is 1. The second-order valence-electron chi connectivity index (χ2n) is 10.4. The molecule has 224 valence electrons. The lowest BCUT2D eigenvalue weighted by Gasteiger charge is -2.27. The summed E-state index contributed by atoms with van der Waals surface area (Å²) in [6, 6.07) is 4.39. The Kier molecular flexibility index (Phi) is 7.51. The fourth-order valence-electron chi connectivity index (χ4n) is 4.42. The average molecular weight is 596 g/mol. The molecule has 42 heavy (non-hydrogen) atoms. The minimum Gasteiger partial charge on any atom is -0.435 e. The number of alkyl halides is 5. The highest BCUT2D eigenvalue weighted by atomic mass is 19.4. The van der Waals surface area contributed by atoms with E-state index in [1.165, 1.54) is 31.5 Å². The normalized spacial score (nSPS) is 14.6. The van der Waals surface area contributed by atoms with Crippen LogP contribution in [0.15, 0.2) is 30.6 Å². The predicted molar refractivity (Wildman–Crippen MR) is 138 cm³/mol. The van der Waals surface area contributed by atoms with E-state index < -0.39 is 30.2 Å².